The minimum atomic E-state index is 0.120. The lowest BCUT2D eigenvalue weighted by atomic mass is 9.99. The lowest BCUT2D eigenvalue weighted by molar-refractivity contribution is 0.199. The Morgan fingerprint density at radius 2 is 2.12 bits per heavy atom. The molecule has 0 aliphatic carbocycles. The first kappa shape index (κ1) is 10.8. The highest BCUT2D eigenvalue weighted by Gasteiger charge is 2.13. The van der Waals surface area contributed by atoms with Gasteiger partial charge in [-0.1, -0.05) is 20.8 Å². The second-order valence-electron chi connectivity index (χ2n) is 5.20. The number of anilines is 1. The zero-order chi connectivity index (χ0) is 11.8. The van der Waals surface area contributed by atoms with E-state index in [1.807, 2.05) is 12.1 Å². The molecule has 0 saturated carbocycles. The molecule has 4 nitrogen and oxygen atoms in total. The molecule has 0 bridgehead atoms. The third kappa shape index (κ3) is 2.27. The van der Waals surface area contributed by atoms with Crippen LogP contribution in [0, 0.1) is 5.41 Å². The summed E-state index contributed by atoms with van der Waals surface area (Å²) in [6.07, 6.45) is 1.75. The second kappa shape index (κ2) is 3.70. The van der Waals surface area contributed by atoms with Crippen molar-refractivity contribution in [2.45, 2.75) is 20.8 Å². The molecule has 0 radical (unpaired) electrons. The van der Waals surface area contributed by atoms with E-state index in [1.165, 1.54) is 0 Å². The number of nitrogens with one attached hydrogen (secondary N) is 1. The molecule has 3 N–H and O–H groups in total. The molecular weight excluding hydrogens is 202 g/mol. The highest BCUT2D eigenvalue weighted by molar-refractivity contribution is 5.84. The molecule has 0 aliphatic heterocycles. The molecule has 2 aromatic rings. The van der Waals surface area contributed by atoms with Crippen LogP contribution in [0.15, 0.2) is 18.3 Å². The molecule has 0 amide bonds. The van der Waals surface area contributed by atoms with Crippen molar-refractivity contribution < 1.29 is 4.74 Å². The van der Waals surface area contributed by atoms with Crippen molar-refractivity contribution in [1.29, 1.82) is 0 Å². The van der Waals surface area contributed by atoms with Crippen molar-refractivity contribution in [2.24, 2.45) is 5.41 Å². The molecule has 1 aromatic carbocycles. The predicted molar refractivity (Wildman–Crippen MR) is 65.5 cm³/mol. The Labute approximate surface area is 94.8 Å². The molecule has 0 saturated heterocycles. The molecule has 1 heterocycles. The lowest BCUT2D eigenvalue weighted by Crippen LogP contribution is -2.17. The first-order valence-electron chi connectivity index (χ1n) is 5.31. The summed E-state index contributed by atoms with van der Waals surface area (Å²) in [5.41, 5.74) is 7.62. The van der Waals surface area contributed by atoms with Gasteiger partial charge < -0.3 is 10.5 Å². The number of hydrogen-bond acceptors (Lipinski definition) is 3. The number of nitrogen functional groups attached to an aromatic ring is 1. The lowest BCUT2D eigenvalue weighted by Gasteiger charge is -2.19. The first-order chi connectivity index (χ1) is 7.46. The Bertz CT molecular complexity index is 496. The second-order valence-corrected chi connectivity index (χ2v) is 5.20. The van der Waals surface area contributed by atoms with Crippen LogP contribution in [0.4, 0.5) is 5.69 Å². The summed E-state index contributed by atoms with van der Waals surface area (Å²) in [6.45, 7) is 7.00. The van der Waals surface area contributed by atoms with E-state index in [0.29, 0.717) is 18.0 Å². The van der Waals surface area contributed by atoms with E-state index in [0.717, 1.165) is 10.9 Å². The van der Waals surface area contributed by atoms with Crippen LogP contribution in [-0.2, 0) is 0 Å². The van der Waals surface area contributed by atoms with Crippen LogP contribution in [0.3, 0.4) is 0 Å². The fourth-order valence-corrected chi connectivity index (χ4v) is 1.41. The van der Waals surface area contributed by atoms with Gasteiger partial charge in [0.2, 0.25) is 0 Å². The predicted octanol–water partition coefficient (Wildman–Crippen LogP) is 2.57. The van der Waals surface area contributed by atoms with Crippen molar-refractivity contribution in [2.75, 3.05) is 12.3 Å². The van der Waals surface area contributed by atoms with E-state index in [9.17, 15) is 0 Å². The fraction of sp³-hybridized carbons (Fsp3) is 0.417. The Kier molecular flexibility index (Phi) is 2.50. The van der Waals surface area contributed by atoms with Gasteiger partial charge >= 0.3 is 0 Å². The average Bonchev–Trinajstić information content (AvgIpc) is 2.59. The standard InChI is InChI=1S/C12H17N3O/c1-12(2,3)7-16-11-5-10-8(4-9(11)13)6-14-15-10/h4-6H,7,13H2,1-3H3,(H,14,15). The maximum absolute atomic E-state index is 5.91. The third-order valence-corrected chi connectivity index (χ3v) is 2.23. The van der Waals surface area contributed by atoms with Gasteiger partial charge in [0.1, 0.15) is 5.75 Å². The van der Waals surface area contributed by atoms with Gasteiger partial charge in [0, 0.05) is 11.5 Å². The van der Waals surface area contributed by atoms with Crippen molar-refractivity contribution in [3.05, 3.63) is 18.3 Å². The molecule has 0 atom stereocenters. The van der Waals surface area contributed by atoms with Gasteiger partial charge in [0.25, 0.3) is 0 Å². The SMILES string of the molecule is CC(C)(C)COc1cc2[nH]ncc2cc1N. The summed E-state index contributed by atoms with van der Waals surface area (Å²) in [7, 11) is 0. The number of nitrogens with zero attached hydrogens (tertiary/aromatic N) is 1. The van der Waals surface area contributed by atoms with E-state index in [4.69, 9.17) is 10.5 Å². The van der Waals surface area contributed by atoms with Crippen LogP contribution in [-0.4, -0.2) is 16.8 Å². The van der Waals surface area contributed by atoms with Crippen molar-refractivity contribution in [1.82, 2.24) is 10.2 Å². The molecular formula is C12H17N3O. The molecule has 2 rings (SSSR count). The number of ether oxygens (including phenoxy) is 1. The molecule has 1 aromatic heterocycles. The van der Waals surface area contributed by atoms with E-state index < -0.39 is 0 Å². The fourth-order valence-electron chi connectivity index (χ4n) is 1.41. The highest BCUT2D eigenvalue weighted by Crippen LogP contribution is 2.28. The van der Waals surface area contributed by atoms with E-state index in [2.05, 4.69) is 31.0 Å². The van der Waals surface area contributed by atoms with E-state index >= 15 is 0 Å². The van der Waals surface area contributed by atoms with Crippen molar-refractivity contribution >= 4 is 16.6 Å². The Hall–Kier alpha value is -1.71. The number of fused-ring (bicyclic) bond motifs is 1. The monoisotopic (exact) mass is 219 g/mol. The zero-order valence-corrected chi connectivity index (χ0v) is 9.87. The number of aromatic amines is 1. The molecule has 86 valence electrons. The van der Waals surface area contributed by atoms with Gasteiger partial charge in [-0.3, -0.25) is 5.10 Å². The number of H-pyrrole nitrogens is 1. The maximum atomic E-state index is 5.91. The average molecular weight is 219 g/mol. The normalized spacial score (nSPS) is 11.9. The van der Waals surface area contributed by atoms with Crippen LogP contribution in [0.25, 0.3) is 10.9 Å². The quantitative estimate of drug-likeness (QED) is 0.763. The van der Waals surface area contributed by atoms with E-state index in [1.54, 1.807) is 6.20 Å². The maximum Gasteiger partial charge on any atom is 0.144 e. The minimum absolute atomic E-state index is 0.120. The van der Waals surface area contributed by atoms with Gasteiger partial charge in [0.15, 0.2) is 0 Å². The summed E-state index contributed by atoms with van der Waals surface area (Å²) in [5, 5.41) is 7.86. The van der Waals surface area contributed by atoms with Gasteiger partial charge in [-0.15, -0.1) is 0 Å². The number of nitrogens with two attached hydrogens (primary N) is 1. The Morgan fingerprint density at radius 3 is 2.81 bits per heavy atom. The van der Waals surface area contributed by atoms with Crippen molar-refractivity contribution in [3.8, 4) is 5.75 Å². The minimum Gasteiger partial charge on any atom is -0.491 e. The molecule has 0 spiro atoms. The van der Waals surface area contributed by atoms with Gasteiger partial charge in [-0.25, -0.2) is 0 Å². The van der Waals surface area contributed by atoms with Gasteiger partial charge in [-0.2, -0.15) is 5.10 Å². The summed E-state index contributed by atoms with van der Waals surface area (Å²) in [6, 6.07) is 3.76. The summed E-state index contributed by atoms with van der Waals surface area (Å²) < 4.78 is 5.71. The number of rotatable bonds is 2. The molecule has 0 fully saturated rings. The van der Waals surface area contributed by atoms with Gasteiger partial charge in [-0.05, 0) is 11.5 Å². The smallest absolute Gasteiger partial charge is 0.144 e. The largest absolute Gasteiger partial charge is 0.491 e. The summed E-state index contributed by atoms with van der Waals surface area (Å²) in [5.74, 6) is 0.715. The number of hydrogen-bond donors (Lipinski definition) is 2. The summed E-state index contributed by atoms with van der Waals surface area (Å²) >= 11 is 0. The van der Waals surface area contributed by atoms with Crippen LogP contribution >= 0.6 is 0 Å². The van der Waals surface area contributed by atoms with Gasteiger partial charge in [0.05, 0.1) is 24.0 Å². The Balaban J connectivity index is 2.26. The number of aromatic nitrogens is 2. The number of benzene rings is 1. The Morgan fingerprint density at radius 1 is 1.38 bits per heavy atom. The highest BCUT2D eigenvalue weighted by atomic mass is 16.5. The molecule has 0 aliphatic rings. The zero-order valence-electron chi connectivity index (χ0n) is 9.87. The molecule has 0 unspecified atom stereocenters. The van der Waals surface area contributed by atoms with Crippen LogP contribution in [0.1, 0.15) is 20.8 Å². The van der Waals surface area contributed by atoms with Crippen LogP contribution < -0.4 is 10.5 Å². The topological polar surface area (TPSA) is 63.9 Å². The van der Waals surface area contributed by atoms with E-state index in [-0.39, 0.29) is 5.41 Å². The van der Waals surface area contributed by atoms with Crippen LogP contribution in [0.2, 0.25) is 0 Å². The molecule has 16 heavy (non-hydrogen) atoms. The van der Waals surface area contributed by atoms with Crippen molar-refractivity contribution in [3.63, 3.8) is 0 Å². The van der Waals surface area contributed by atoms with Crippen LogP contribution in [0.5, 0.6) is 5.75 Å². The summed E-state index contributed by atoms with van der Waals surface area (Å²) in [4.78, 5) is 0. The third-order valence-electron chi connectivity index (χ3n) is 2.23. The molecule has 4 heteroatoms. The first-order valence-corrected chi connectivity index (χ1v) is 5.31.